The van der Waals surface area contributed by atoms with Crippen LogP contribution >= 0.6 is 12.2 Å². The van der Waals surface area contributed by atoms with E-state index >= 15 is 0 Å². The third-order valence-electron chi connectivity index (χ3n) is 2.36. The normalized spacial score (nSPS) is 10.3. The van der Waals surface area contributed by atoms with Crippen LogP contribution in [-0.4, -0.2) is 11.0 Å². The summed E-state index contributed by atoms with van der Waals surface area (Å²) in [7, 11) is 0. The van der Waals surface area contributed by atoms with E-state index in [9.17, 15) is 9.18 Å². The van der Waals surface area contributed by atoms with E-state index in [1.54, 1.807) is 24.3 Å². The van der Waals surface area contributed by atoms with E-state index in [1.807, 2.05) is 0 Å². The van der Waals surface area contributed by atoms with Gasteiger partial charge in [0, 0.05) is 6.08 Å². The first-order chi connectivity index (χ1) is 10.1. The van der Waals surface area contributed by atoms with Crippen molar-refractivity contribution in [3.63, 3.8) is 0 Å². The van der Waals surface area contributed by atoms with E-state index in [0.29, 0.717) is 5.76 Å². The Bertz CT molecular complexity index is 656. The molecule has 0 unspecified atom stereocenters. The van der Waals surface area contributed by atoms with Crippen molar-refractivity contribution in [3.05, 3.63) is 60.3 Å². The van der Waals surface area contributed by atoms with Crippen LogP contribution in [0.15, 0.2) is 53.2 Å². The largest absolute Gasteiger partial charge is 0.465 e. The van der Waals surface area contributed by atoms with Gasteiger partial charge in [-0.05, 0) is 42.6 Å². The number of hydrogen-bond acceptors (Lipinski definition) is 3. The second-order valence-corrected chi connectivity index (χ2v) is 4.31. The number of carbonyl (C=O) groups is 1. The van der Waals surface area contributed by atoms with Gasteiger partial charge in [0.15, 0.2) is 5.11 Å². The molecule has 1 aromatic heterocycles. The number of nitrogens with one attached hydrogen (secondary N) is 3. The minimum absolute atomic E-state index is 0.0693. The highest BCUT2D eigenvalue weighted by molar-refractivity contribution is 7.80. The molecule has 0 atom stereocenters. The Hall–Kier alpha value is -2.67. The van der Waals surface area contributed by atoms with Crippen molar-refractivity contribution in [2.75, 3.05) is 5.32 Å². The van der Waals surface area contributed by atoms with Gasteiger partial charge in [-0.1, -0.05) is 12.1 Å². The Labute approximate surface area is 125 Å². The van der Waals surface area contributed by atoms with Gasteiger partial charge in [0.2, 0.25) is 0 Å². The molecular weight excluding hydrogens is 293 g/mol. The van der Waals surface area contributed by atoms with Gasteiger partial charge in [-0.25, -0.2) is 4.39 Å². The average Bonchev–Trinajstić information content (AvgIpc) is 2.99. The number of hydrazine groups is 1. The molecule has 7 heteroatoms. The number of furan rings is 1. The van der Waals surface area contributed by atoms with Gasteiger partial charge >= 0.3 is 0 Å². The maximum absolute atomic E-state index is 13.4. The summed E-state index contributed by atoms with van der Waals surface area (Å²) in [6.07, 6.45) is 4.28. The van der Waals surface area contributed by atoms with Crippen molar-refractivity contribution < 1.29 is 13.6 Å². The third-order valence-corrected chi connectivity index (χ3v) is 2.57. The fourth-order valence-corrected chi connectivity index (χ4v) is 1.58. The molecule has 5 nitrogen and oxygen atoms in total. The number of thiocarbonyl (C=S) groups is 1. The van der Waals surface area contributed by atoms with Crippen molar-refractivity contribution in [2.24, 2.45) is 0 Å². The van der Waals surface area contributed by atoms with Crippen molar-refractivity contribution in [1.82, 2.24) is 10.9 Å². The summed E-state index contributed by atoms with van der Waals surface area (Å²) in [5.74, 6) is -0.313. The molecule has 108 valence electrons. The summed E-state index contributed by atoms with van der Waals surface area (Å²) in [5.41, 5.74) is 5.02. The molecule has 0 saturated carbocycles. The first kappa shape index (κ1) is 14.7. The van der Waals surface area contributed by atoms with Crippen molar-refractivity contribution in [2.45, 2.75) is 0 Å². The first-order valence-corrected chi connectivity index (χ1v) is 6.39. The summed E-state index contributed by atoms with van der Waals surface area (Å²) < 4.78 is 18.4. The van der Waals surface area contributed by atoms with Crippen LogP contribution in [0.4, 0.5) is 10.1 Å². The van der Waals surface area contributed by atoms with Crippen LogP contribution in [0.5, 0.6) is 0 Å². The second-order valence-electron chi connectivity index (χ2n) is 3.90. The average molecular weight is 305 g/mol. The number of rotatable bonds is 3. The standard InChI is InChI=1S/C14H12FN3O2S/c15-11-5-1-2-6-12(11)16-14(21)18-17-13(19)8-7-10-4-3-9-20-10/h1-9H,(H,17,19)(H2,16,18,21)/b8-7+. The highest BCUT2D eigenvalue weighted by atomic mass is 32.1. The van der Waals surface area contributed by atoms with Crippen LogP contribution in [0.2, 0.25) is 0 Å². The Kier molecular flexibility index (Phi) is 5.05. The predicted molar refractivity (Wildman–Crippen MR) is 81.6 cm³/mol. The highest BCUT2D eigenvalue weighted by Gasteiger charge is 2.03. The lowest BCUT2D eigenvalue weighted by Crippen LogP contribution is -2.43. The van der Waals surface area contributed by atoms with Crippen molar-refractivity contribution >= 4 is 35.0 Å². The lowest BCUT2D eigenvalue weighted by atomic mass is 10.3. The molecule has 1 amide bonds. The van der Waals surface area contributed by atoms with Gasteiger partial charge < -0.3 is 9.73 Å². The van der Waals surface area contributed by atoms with Crippen molar-refractivity contribution in [1.29, 1.82) is 0 Å². The van der Waals surface area contributed by atoms with Crippen molar-refractivity contribution in [3.8, 4) is 0 Å². The fourth-order valence-electron chi connectivity index (χ4n) is 1.42. The fraction of sp³-hybridized carbons (Fsp3) is 0. The molecule has 0 aliphatic heterocycles. The minimum Gasteiger partial charge on any atom is -0.465 e. The lowest BCUT2D eigenvalue weighted by Gasteiger charge is -2.10. The number of halogens is 1. The molecule has 1 aromatic carbocycles. The Balaban J connectivity index is 1.79. The third kappa shape index (κ3) is 4.73. The smallest absolute Gasteiger partial charge is 0.262 e. The zero-order chi connectivity index (χ0) is 15.1. The van der Waals surface area contributed by atoms with E-state index in [2.05, 4.69) is 16.2 Å². The summed E-state index contributed by atoms with van der Waals surface area (Å²) >= 11 is 4.93. The molecule has 0 radical (unpaired) electrons. The first-order valence-electron chi connectivity index (χ1n) is 5.98. The topological polar surface area (TPSA) is 66.3 Å². The van der Waals surface area contributed by atoms with Crippen LogP contribution in [0.3, 0.4) is 0 Å². The van der Waals surface area contributed by atoms with Crippen LogP contribution in [-0.2, 0) is 4.79 Å². The van der Waals surface area contributed by atoms with Gasteiger partial charge in [-0.2, -0.15) is 0 Å². The number of benzene rings is 1. The molecule has 21 heavy (non-hydrogen) atoms. The number of carbonyl (C=O) groups excluding carboxylic acids is 1. The molecule has 2 aromatic rings. The molecular formula is C14H12FN3O2S. The molecule has 0 saturated heterocycles. The van der Waals surface area contributed by atoms with Crippen LogP contribution in [0.25, 0.3) is 6.08 Å². The molecule has 0 aliphatic rings. The Morgan fingerprint density at radius 3 is 2.71 bits per heavy atom. The van der Waals surface area contributed by atoms with E-state index in [1.165, 1.54) is 30.5 Å². The summed E-state index contributed by atoms with van der Waals surface area (Å²) in [4.78, 5) is 11.5. The zero-order valence-electron chi connectivity index (χ0n) is 10.8. The summed E-state index contributed by atoms with van der Waals surface area (Å²) in [5, 5.41) is 2.69. The molecule has 2 rings (SSSR count). The lowest BCUT2D eigenvalue weighted by molar-refractivity contribution is -0.116. The maximum Gasteiger partial charge on any atom is 0.262 e. The summed E-state index contributed by atoms with van der Waals surface area (Å²) in [6, 6.07) is 9.49. The van der Waals surface area contributed by atoms with Gasteiger partial charge in [0.05, 0.1) is 12.0 Å². The monoisotopic (exact) mass is 305 g/mol. The van der Waals surface area contributed by atoms with E-state index in [4.69, 9.17) is 16.6 Å². The summed E-state index contributed by atoms with van der Waals surface area (Å²) in [6.45, 7) is 0. The van der Waals surface area contributed by atoms with Crippen LogP contribution in [0.1, 0.15) is 5.76 Å². The van der Waals surface area contributed by atoms with Crippen LogP contribution in [0, 0.1) is 5.82 Å². The van der Waals surface area contributed by atoms with Gasteiger partial charge in [-0.3, -0.25) is 15.6 Å². The number of amides is 1. The van der Waals surface area contributed by atoms with E-state index < -0.39 is 11.7 Å². The van der Waals surface area contributed by atoms with E-state index in [-0.39, 0.29) is 10.8 Å². The SMILES string of the molecule is O=C(/C=C/c1ccco1)NNC(=S)Nc1ccccc1F. The quantitative estimate of drug-likeness (QED) is 0.462. The molecule has 0 aliphatic carbocycles. The molecule has 0 spiro atoms. The van der Waals surface area contributed by atoms with Gasteiger partial charge in [-0.15, -0.1) is 0 Å². The molecule has 0 bridgehead atoms. The van der Waals surface area contributed by atoms with E-state index in [0.717, 1.165) is 0 Å². The highest BCUT2D eigenvalue weighted by Crippen LogP contribution is 2.11. The number of anilines is 1. The maximum atomic E-state index is 13.4. The molecule has 1 heterocycles. The molecule has 0 fully saturated rings. The van der Waals surface area contributed by atoms with Crippen LogP contribution < -0.4 is 16.2 Å². The zero-order valence-corrected chi connectivity index (χ0v) is 11.6. The molecule has 3 N–H and O–H groups in total. The Morgan fingerprint density at radius 2 is 2.00 bits per heavy atom. The van der Waals surface area contributed by atoms with Gasteiger partial charge in [0.1, 0.15) is 11.6 Å². The Morgan fingerprint density at radius 1 is 1.19 bits per heavy atom. The predicted octanol–water partition coefficient (Wildman–Crippen LogP) is 2.45. The number of hydrogen-bond donors (Lipinski definition) is 3. The minimum atomic E-state index is -0.439. The van der Waals surface area contributed by atoms with Gasteiger partial charge in [0.25, 0.3) is 5.91 Å². The second kappa shape index (κ2) is 7.20. The number of para-hydroxylation sites is 1.